The molecule has 2 aromatic carbocycles. The predicted octanol–water partition coefficient (Wildman–Crippen LogP) is 4.89. The van der Waals surface area contributed by atoms with E-state index in [0.717, 1.165) is 17.7 Å². The fourth-order valence-electron chi connectivity index (χ4n) is 1.88. The van der Waals surface area contributed by atoms with Crippen LogP contribution < -0.4 is 4.74 Å². The van der Waals surface area contributed by atoms with E-state index in [1.165, 1.54) is 10.8 Å². The van der Waals surface area contributed by atoms with Crippen LogP contribution in [0.25, 0.3) is 10.8 Å². The van der Waals surface area contributed by atoms with E-state index in [0.29, 0.717) is 11.8 Å². The topological polar surface area (TPSA) is 9.23 Å². The van der Waals surface area contributed by atoms with Gasteiger partial charge in [-0.3, -0.25) is 0 Å². The lowest BCUT2D eigenvalue weighted by Crippen LogP contribution is -2.19. The van der Waals surface area contributed by atoms with Crippen molar-refractivity contribution >= 4 is 26.7 Å². The van der Waals surface area contributed by atoms with Crippen molar-refractivity contribution < 1.29 is 4.74 Å². The highest BCUT2D eigenvalue weighted by molar-refractivity contribution is 9.09. The van der Waals surface area contributed by atoms with E-state index in [1.807, 2.05) is 6.07 Å². The van der Waals surface area contributed by atoms with Gasteiger partial charge in [-0.25, -0.2) is 0 Å². The highest BCUT2D eigenvalue weighted by Gasteiger charge is 2.12. The largest absolute Gasteiger partial charge is 0.493 e. The average molecular weight is 307 g/mol. The van der Waals surface area contributed by atoms with Gasteiger partial charge in [0.25, 0.3) is 0 Å². The molecule has 2 aromatic rings. The number of benzene rings is 2. The lowest BCUT2D eigenvalue weighted by Gasteiger charge is -2.18. The Labute approximate surface area is 117 Å². The molecule has 0 aliphatic heterocycles. The zero-order valence-corrected chi connectivity index (χ0v) is 12.5. The van der Waals surface area contributed by atoms with Crippen LogP contribution in [-0.2, 0) is 0 Å². The highest BCUT2D eigenvalue weighted by atomic mass is 79.9. The van der Waals surface area contributed by atoms with E-state index in [-0.39, 0.29) is 0 Å². The van der Waals surface area contributed by atoms with Crippen molar-refractivity contribution in [2.45, 2.75) is 13.8 Å². The van der Waals surface area contributed by atoms with Crippen LogP contribution in [0.15, 0.2) is 42.5 Å². The summed E-state index contributed by atoms with van der Waals surface area (Å²) in [5.41, 5.74) is 0. The van der Waals surface area contributed by atoms with E-state index in [1.54, 1.807) is 0 Å². The SMILES string of the molecule is CC(C)C(CBr)COc1ccc2ccccc2c1. The summed E-state index contributed by atoms with van der Waals surface area (Å²) in [4.78, 5) is 0. The van der Waals surface area contributed by atoms with E-state index < -0.39 is 0 Å². The minimum Gasteiger partial charge on any atom is -0.493 e. The summed E-state index contributed by atoms with van der Waals surface area (Å²) in [6, 6.07) is 14.6. The van der Waals surface area contributed by atoms with E-state index >= 15 is 0 Å². The normalized spacial score (nSPS) is 12.9. The Hall–Kier alpha value is -1.02. The van der Waals surface area contributed by atoms with Gasteiger partial charge in [-0.05, 0) is 28.8 Å². The molecule has 0 saturated carbocycles. The van der Waals surface area contributed by atoms with Gasteiger partial charge in [-0.15, -0.1) is 0 Å². The first kappa shape index (κ1) is 13.4. The number of ether oxygens (including phenoxy) is 1. The molecule has 0 amide bonds. The molecule has 0 aliphatic carbocycles. The van der Waals surface area contributed by atoms with Gasteiger partial charge < -0.3 is 4.74 Å². The zero-order valence-electron chi connectivity index (χ0n) is 10.9. The number of fused-ring (bicyclic) bond motifs is 1. The number of rotatable bonds is 5. The van der Waals surface area contributed by atoms with E-state index in [2.05, 4.69) is 66.2 Å². The second-order valence-corrected chi connectivity index (χ2v) is 5.63. The molecular formula is C16H19BrO. The van der Waals surface area contributed by atoms with Crippen LogP contribution >= 0.6 is 15.9 Å². The first-order chi connectivity index (χ1) is 8.70. The van der Waals surface area contributed by atoms with Crippen molar-refractivity contribution in [2.75, 3.05) is 11.9 Å². The molecule has 0 saturated heterocycles. The van der Waals surface area contributed by atoms with Gasteiger partial charge in [0.1, 0.15) is 5.75 Å². The number of hydrogen-bond acceptors (Lipinski definition) is 1. The van der Waals surface area contributed by atoms with Crippen LogP contribution in [0.5, 0.6) is 5.75 Å². The maximum atomic E-state index is 5.90. The first-order valence-corrected chi connectivity index (χ1v) is 7.50. The van der Waals surface area contributed by atoms with E-state index in [4.69, 9.17) is 4.74 Å². The number of hydrogen-bond donors (Lipinski definition) is 0. The second kappa shape index (κ2) is 6.24. The smallest absolute Gasteiger partial charge is 0.119 e. The van der Waals surface area contributed by atoms with Crippen molar-refractivity contribution in [3.8, 4) is 5.75 Å². The molecule has 0 fully saturated rings. The highest BCUT2D eigenvalue weighted by Crippen LogP contribution is 2.22. The molecule has 0 N–H and O–H groups in total. The molecule has 1 atom stereocenters. The standard InChI is InChI=1S/C16H19BrO/c1-12(2)15(10-17)11-18-16-8-7-13-5-3-4-6-14(13)9-16/h3-9,12,15H,10-11H2,1-2H3. The third-order valence-electron chi connectivity index (χ3n) is 3.33. The van der Waals surface area contributed by atoms with Gasteiger partial charge in [-0.2, -0.15) is 0 Å². The van der Waals surface area contributed by atoms with Crippen LogP contribution in [0.2, 0.25) is 0 Å². The Kier molecular flexibility index (Phi) is 4.65. The molecule has 0 radical (unpaired) electrons. The maximum Gasteiger partial charge on any atom is 0.119 e. The summed E-state index contributed by atoms with van der Waals surface area (Å²) in [6.07, 6.45) is 0. The molecule has 1 nitrogen and oxygen atoms in total. The zero-order chi connectivity index (χ0) is 13.0. The molecule has 96 valence electrons. The van der Waals surface area contributed by atoms with Crippen LogP contribution in [0, 0.1) is 11.8 Å². The third-order valence-corrected chi connectivity index (χ3v) is 4.16. The Bertz CT molecular complexity index is 507. The number of alkyl halides is 1. The molecule has 0 bridgehead atoms. The van der Waals surface area contributed by atoms with Gasteiger partial charge in [0.15, 0.2) is 0 Å². The molecular weight excluding hydrogens is 288 g/mol. The molecule has 0 aliphatic rings. The number of halogens is 1. The van der Waals surface area contributed by atoms with Crippen molar-refractivity contribution in [3.05, 3.63) is 42.5 Å². The minimum absolute atomic E-state index is 0.552. The third kappa shape index (κ3) is 3.26. The molecule has 1 unspecified atom stereocenters. The average Bonchev–Trinajstić information content (AvgIpc) is 2.39. The fourth-order valence-corrected chi connectivity index (χ4v) is 2.81. The molecule has 0 heterocycles. The minimum atomic E-state index is 0.552. The summed E-state index contributed by atoms with van der Waals surface area (Å²) in [6.45, 7) is 5.23. The summed E-state index contributed by atoms with van der Waals surface area (Å²) in [5.74, 6) is 2.14. The Morgan fingerprint density at radius 1 is 1.06 bits per heavy atom. The van der Waals surface area contributed by atoms with Crippen molar-refractivity contribution in [2.24, 2.45) is 11.8 Å². The maximum absolute atomic E-state index is 5.90. The molecule has 0 aromatic heterocycles. The summed E-state index contributed by atoms with van der Waals surface area (Å²) in [7, 11) is 0. The second-order valence-electron chi connectivity index (χ2n) is 4.98. The van der Waals surface area contributed by atoms with Crippen molar-refractivity contribution in [1.29, 1.82) is 0 Å². The molecule has 2 heteroatoms. The van der Waals surface area contributed by atoms with Gasteiger partial charge in [0.05, 0.1) is 6.61 Å². The van der Waals surface area contributed by atoms with Gasteiger partial charge >= 0.3 is 0 Å². The quantitative estimate of drug-likeness (QED) is 0.715. The fraction of sp³-hybridized carbons (Fsp3) is 0.375. The monoisotopic (exact) mass is 306 g/mol. The Morgan fingerprint density at radius 3 is 2.44 bits per heavy atom. The Morgan fingerprint density at radius 2 is 1.78 bits per heavy atom. The lowest BCUT2D eigenvalue weighted by molar-refractivity contribution is 0.228. The van der Waals surface area contributed by atoms with Crippen molar-refractivity contribution in [1.82, 2.24) is 0 Å². The van der Waals surface area contributed by atoms with Crippen LogP contribution in [-0.4, -0.2) is 11.9 Å². The summed E-state index contributed by atoms with van der Waals surface area (Å²) in [5, 5.41) is 3.47. The molecule has 2 rings (SSSR count). The first-order valence-electron chi connectivity index (χ1n) is 6.38. The Balaban J connectivity index is 2.07. The van der Waals surface area contributed by atoms with Crippen LogP contribution in [0.4, 0.5) is 0 Å². The van der Waals surface area contributed by atoms with Gasteiger partial charge in [-0.1, -0.05) is 60.1 Å². The van der Waals surface area contributed by atoms with Gasteiger partial charge in [0, 0.05) is 11.2 Å². The lowest BCUT2D eigenvalue weighted by atomic mass is 9.99. The summed E-state index contributed by atoms with van der Waals surface area (Å²) < 4.78 is 5.90. The summed E-state index contributed by atoms with van der Waals surface area (Å²) >= 11 is 3.55. The van der Waals surface area contributed by atoms with Crippen LogP contribution in [0.1, 0.15) is 13.8 Å². The van der Waals surface area contributed by atoms with Crippen LogP contribution in [0.3, 0.4) is 0 Å². The van der Waals surface area contributed by atoms with Crippen molar-refractivity contribution in [3.63, 3.8) is 0 Å². The van der Waals surface area contributed by atoms with Gasteiger partial charge in [0.2, 0.25) is 0 Å². The predicted molar refractivity (Wildman–Crippen MR) is 81.6 cm³/mol. The molecule has 0 spiro atoms. The van der Waals surface area contributed by atoms with E-state index in [9.17, 15) is 0 Å². The molecule has 18 heavy (non-hydrogen) atoms.